The van der Waals surface area contributed by atoms with Crippen molar-refractivity contribution in [3.63, 3.8) is 0 Å². The highest BCUT2D eigenvalue weighted by Gasteiger charge is 2.16. The van der Waals surface area contributed by atoms with E-state index in [0.717, 1.165) is 19.4 Å². The second-order valence-corrected chi connectivity index (χ2v) is 5.70. The summed E-state index contributed by atoms with van der Waals surface area (Å²) in [7, 11) is 0. The van der Waals surface area contributed by atoms with E-state index in [1.165, 1.54) is 0 Å². The fourth-order valence-corrected chi connectivity index (χ4v) is 2.44. The highest BCUT2D eigenvalue weighted by molar-refractivity contribution is 5.95. The Kier molecular flexibility index (Phi) is 6.74. The average Bonchev–Trinajstić information content (AvgIpc) is 3.06. The molecule has 1 aromatic carbocycles. The fourth-order valence-electron chi connectivity index (χ4n) is 2.44. The molecule has 0 unspecified atom stereocenters. The van der Waals surface area contributed by atoms with Crippen LogP contribution in [0.5, 0.6) is 0 Å². The number of carboxylic acid groups (broad SMARTS) is 1. The molecule has 1 saturated heterocycles. The highest BCUT2D eigenvalue weighted by Crippen LogP contribution is 2.12. The van der Waals surface area contributed by atoms with Crippen molar-refractivity contribution in [2.24, 2.45) is 0 Å². The van der Waals surface area contributed by atoms with E-state index in [1.807, 2.05) is 0 Å². The van der Waals surface area contributed by atoms with Gasteiger partial charge in [0.1, 0.15) is 0 Å². The number of benzene rings is 1. The predicted octanol–water partition coefficient (Wildman–Crippen LogP) is 0.454. The maximum Gasteiger partial charge on any atom is 0.251 e. The Balaban J connectivity index is 1.75. The van der Waals surface area contributed by atoms with Crippen molar-refractivity contribution < 1.29 is 24.2 Å². The zero-order valence-corrected chi connectivity index (χ0v) is 13.4. The summed E-state index contributed by atoms with van der Waals surface area (Å²) in [6, 6.07) is 6.53. The van der Waals surface area contributed by atoms with Gasteiger partial charge in [0.15, 0.2) is 0 Å². The Morgan fingerprint density at radius 2 is 1.92 bits per heavy atom. The third-order valence-corrected chi connectivity index (χ3v) is 3.73. The third kappa shape index (κ3) is 6.00. The summed E-state index contributed by atoms with van der Waals surface area (Å²) >= 11 is 0. The number of ether oxygens (including phenoxy) is 1. The largest absolute Gasteiger partial charge is 0.550 e. The minimum absolute atomic E-state index is 0.0912. The maximum absolute atomic E-state index is 12.0. The molecule has 1 aromatic rings. The molecule has 2 N–H and O–H groups in total. The number of carbonyl (C=O) groups is 3. The lowest BCUT2D eigenvalue weighted by Gasteiger charge is -2.11. The van der Waals surface area contributed by atoms with Crippen molar-refractivity contribution in [1.82, 2.24) is 5.32 Å². The molecule has 0 spiro atoms. The van der Waals surface area contributed by atoms with Crippen LogP contribution >= 0.6 is 0 Å². The van der Waals surface area contributed by atoms with Crippen molar-refractivity contribution in [2.75, 3.05) is 18.5 Å². The van der Waals surface area contributed by atoms with Gasteiger partial charge in [-0.3, -0.25) is 9.59 Å². The van der Waals surface area contributed by atoms with Gasteiger partial charge in [0.25, 0.3) is 5.91 Å². The Hall–Kier alpha value is -2.41. The van der Waals surface area contributed by atoms with Crippen LogP contribution in [0.4, 0.5) is 5.69 Å². The summed E-state index contributed by atoms with van der Waals surface area (Å²) in [5.74, 6) is -1.62. The Morgan fingerprint density at radius 3 is 2.54 bits per heavy atom. The quantitative estimate of drug-likeness (QED) is 0.718. The van der Waals surface area contributed by atoms with Crippen molar-refractivity contribution in [3.8, 4) is 0 Å². The molecule has 0 bridgehead atoms. The molecule has 1 atom stereocenters. The molecule has 0 radical (unpaired) electrons. The van der Waals surface area contributed by atoms with Crippen LogP contribution in [0.1, 0.15) is 42.5 Å². The standard InChI is InChI=1S/C17H22N2O5/c20-15(4-1-5-16(21)22)19-13-8-6-12(7-9-13)17(23)18-11-14-3-2-10-24-14/h6-9,14H,1-5,10-11H2,(H,18,23)(H,19,20)(H,21,22)/p-1/t14-/m0/s1. The SMILES string of the molecule is O=C([O-])CCCC(=O)Nc1ccc(C(=O)NC[C@@H]2CCCO2)cc1. The molecule has 24 heavy (non-hydrogen) atoms. The lowest BCUT2D eigenvalue weighted by atomic mass is 10.1. The molecule has 2 amide bonds. The van der Waals surface area contributed by atoms with E-state index in [1.54, 1.807) is 24.3 Å². The molecule has 7 heteroatoms. The Morgan fingerprint density at radius 1 is 1.17 bits per heavy atom. The Labute approximate surface area is 140 Å². The number of nitrogens with one attached hydrogen (secondary N) is 2. The molecule has 1 fully saturated rings. The number of aliphatic carboxylic acids is 1. The summed E-state index contributed by atoms with van der Waals surface area (Å²) in [4.78, 5) is 34.0. The zero-order chi connectivity index (χ0) is 17.4. The monoisotopic (exact) mass is 333 g/mol. The number of amides is 2. The number of hydrogen-bond donors (Lipinski definition) is 2. The fraction of sp³-hybridized carbons (Fsp3) is 0.471. The van der Waals surface area contributed by atoms with E-state index >= 15 is 0 Å². The van der Waals surface area contributed by atoms with Gasteiger partial charge in [0, 0.05) is 36.8 Å². The normalized spacial score (nSPS) is 16.6. The molecule has 1 aliphatic rings. The van der Waals surface area contributed by atoms with E-state index in [0.29, 0.717) is 17.8 Å². The first-order chi connectivity index (χ1) is 11.5. The summed E-state index contributed by atoms with van der Waals surface area (Å²) < 4.78 is 5.45. The zero-order valence-electron chi connectivity index (χ0n) is 13.4. The third-order valence-electron chi connectivity index (χ3n) is 3.73. The average molecular weight is 333 g/mol. The van der Waals surface area contributed by atoms with Crippen LogP contribution in [-0.4, -0.2) is 37.0 Å². The lowest BCUT2D eigenvalue weighted by Crippen LogP contribution is -2.31. The summed E-state index contributed by atoms with van der Waals surface area (Å²) in [5, 5.41) is 15.8. The molecule has 2 rings (SSSR count). The van der Waals surface area contributed by atoms with Crippen LogP contribution < -0.4 is 15.7 Å². The molecular weight excluding hydrogens is 312 g/mol. The lowest BCUT2D eigenvalue weighted by molar-refractivity contribution is -0.305. The summed E-state index contributed by atoms with van der Waals surface area (Å²) in [5.41, 5.74) is 1.06. The number of rotatable bonds is 8. The van der Waals surface area contributed by atoms with E-state index in [4.69, 9.17) is 4.74 Å². The minimum atomic E-state index is -1.17. The second-order valence-electron chi connectivity index (χ2n) is 5.70. The second kappa shape index (κ2) is 9.02. The molecule has 0 saturated carbocycles. The number of carbonyl (C=O) groups excluding carboxylic acids is 3. The Bertz CT molecular complexity index is 579. The number of carboxylic acids is 1. The number of anilines is 1. The summed E-state index contributed by atoms with van der Waals surface area (Å²) in [6.07, 6.45) is 2.28. The van der Waals surface area contributed by atoms with Crippen LogP contribution in [0.15, 0.2) is 24.3 Å². The van der Waals surface area contributed by atoms with Crippen LogP contribution in [0.3, 0.4) is 0 Å². The molecular formula is C17H21N2O5-. The van der Waals surface area contributed by atoms with E-state index < -0.39 is 5.97 Å². The molecule has 7 nitrogen and oxygen atoms in total. The minimum Gasteiger partial charge on any atom is -0.550 e. The van der Waals surface area contributed by atoms with Crippen LogP contribution in [0.2, 0.25) is 0 Å². The molecule has 1 aliphatic heterocycles. The van der Waals surface area contributed by atoms with Crippen LogP contribution in [0, 0.1) is 0 Å². The summed E-state index contributed by atoms with van der Waals surface area (Å²) in [6.45, 7) is 1.24. The molecule has 1 heterocycles. The van der Waals surface area contributed by atoms with E-state index in [-0.39, 0.29) is 37.2 Å². The first-order valence-corrected chi connectivity index (χ1v) is 8.04. The predicted molar refractivity (Wildman–Crippen MR) is 85.2 cm³/mol. The topological polar surface area (TPSA) is 108 Å². The molecule has 130 valence electrons. The molecule has 0 aliphatic carbocycles. The van der Waals surface area contributed by atoms with Gasteiger partial charge in [-0.2, -0.15) is 0 Å². The van der Waals surface area contributed by atoms with Crippen molar-refractivity contribution in [3.05, 3.63) is 29.8 Å². The first-order valence-electron chi connectivity index (χ1n) is 8.04. The van der Waals surface area contributed by atoms with Gasteiger partial charge < -0.3 is 25.3 Å². The van der Waals surface area contributed by atoms with Crippen LogP contribution in [-0.2, 0) is 14.3 Å². The number of hydrogen-bond acceptors (Lipinski definition) is 5. The van der Waals surface area contributed by atoms with Gasteiger partial charge in [0.2, 0.25) is 5.91 Å². The first kappa shape index (κ1) is 17.9. The van der Waals surface area contributed by atoms with Gasteiger partial charge in [0.05, 0.1) is 6.10 Å². The van der Waals surface area contributed by atoms with Gasteiger partial charge in [-0.05, 0) is 49.9 Å². The van der Waals surface area contributed by atoms with Crippen LogP contribution in [0.25, 0.3) is 0 Å². The van der Waals surface area contributed by atoms with Crippen molar-refractivity contribution in [2.45, 2.75) is 38.2 Å². The van der Waals surface area contributed by atoms with E-state index in [2.05, 4.69) is 10.6 Å². The van der Waals surface area contributed by atoms with Crippen molar-refractivity contribution in [1.29, 1.82) is 0 Å². The van der Waals surface area contributed by atoms with Gasteiger partial charge >= 0.3 is 0 Å². The van der Waals surface area contributed by atoms with Crippen molar-refractivity contribution >= 4 is 23.5 Å². The van der Waals surface area contributed by atoms with E-state index in [9.17, 15) is 19.5 Å². The smallest absolute Gasteiger partial charge is 0.251 e. The molecule has 0 aromatic heterocycles. The van der Waals surface area contributed by atoms with Gasteiger partial charge in [-0.15, -0.1) is 0 Å². The van der Waals surface area contributed by atoms with Gasteiger partial charge in [-0.25, -0.2) is 0 Å². The maximum atomic E-state index is 12.0. The highest BCUT2D eigenvalue weighted by atomic mass is 16.5. The van der Waals surface area contributed by atoms with Gasteiger partial charge in [-0.1, -0.05) is 0 Å².